The molecule has 2 N–H and O–H groups in total. The van der Waals surface area contributed by atoms with Crippen LogP contribution in [-0.2, 0) is 4.79 Å². The summed E-state index contributed by atoms with van der Waals surface area (Å²) in [7, 11) is 0. The normalized spacial score (nSPS) is 37.2. The summed E-state index contributed by atoms with van der Waals surface area (Å²) in [5.74, 6) is 2.86. The first-order valence-corrected chi connectivity index (χ1v) is 10.7. The highest BCUT2D eigenvalue weighted by molar-refractivity contribution is 6.30. The predicted octanol–water partition coefficient (Wildman–Crippen LogP) is 0.976. The molecule has 0 radical (unpaired) electrons. The average Bonchev–Trinajstić information content (AvgIpc) is 3.10. The van der Waals surface area contributed by atoms with Crippen LogP contribution in [0.25, 0.3) is 5.78 Å². The van der Waals surface area contributed by atoms with Crippen LogP contribution in [0.4, 0.5) is 0 Å². The van der Waals surface area contributed by atoms with E-state index < -0.39 is 12.1 Å². The molecule has 1 aliphatic heterocycles. The van der Waals surface area contributed by atoms with Crippen molar-refractivity contribution in [2.45, 2.75) is 31.4 Å². The Balaban J connectivity index is 1.14. The quantitative estimate of drug-likeness (QED) is 0.778. The minimum atomic E-state index is -0.779. The molecule has 3 saturated carbocycles. The lowest BCUT2D eigenvalue weighted by molar-refractivity contribution is -0.124. The van der Waals surface area contributed by atoms with E-state index in [4.69, 9.17) is 11.6 Å². The van der Waals surface area contributed by atoms with E-state index in [0.29, 0.717) is 28.3 Å². The molecule has 1 unspecified atom stereocenters. The number of hydrogen-bond donors (Lipinski definition) is 2. The summed E-state index contributed by atoms with van der Waals surface area (Å²) in [5.41, 5.74) is 0.336. The SMILES string of the molecule is O=C(N[C@@H]1CN(C(=O)c2cnc3ncc(Cl)cn23)C[C@H]1O)C1[C@@H]2[C@H]3CC[C@H](C3)[C@H]12. The van der Waals surface area contributed by atoms with Crippen LogP contribution in [0.1, 0.15) is 29.8 Å². The lowest BCUT2D eigenvalue weighted by atomic mass is 10.0. The van der Waals surface area contributed by atoms with Gasteiger partial charge in [-0.1, -0.05) is 11.6 Å². The molecule has 7 atom stereocenters. The van der Waals surface area contributed by atoms with Crippen LogP contribution in [0.5, 0.6) is 0 Å². The summed E-state index contributed by atoms with van der Waals surface area (Å²) < 4.78 is 1.55. The van der Waals surface area contributed by atoms with Gasteiger partial charge in [0.25, 0.3) is 5.91 Å². The Morgan fingerprint density at radius 2 is 1.86 bits per heavy atom. The number of likely N-dealkylation sites (tertiary alicyclic amines) is 1. The van der Waals surface area contributed by atoms with E-state index in [1.54, 1.807) is 15.5 Å². The third-order valence-corrected chi connectivity index (χ3v) is 7.69. The molecule has 3 heterocycles. The van der Waals surface area contributed by atoms with E-state index in [2.05, 4.69) is 15.3 Å². The number of carbonyl (C=O) groups is 2. The van der Waals surface area contributed by atoms with Crippen molar-refractivity contribution in [2.24, 2.45) is 29.6 Å². The summed E-state index contributed by atoms with van der Waals surface area (Å²) in [6.45, 7) is 0.454. The van der Waals surface area contributed by atoms with Gasteiger partial charge in [0.1, 0.15) is 5.69 Å². The number of fused-ring (bicyclic) bond motifs is 6. The van der Waals surface area contributed by atoms with E-state index in [-0.39, 0.29) is 30.8 Å². The summed E-state index contributed by atoms with van der Waals surface area (Å²) in [4.78, 5) is 35.6. The molecule has 6 rings (SSSR count). The minimum absolute atomic E-state index is 0.0562. The molecule has 3 aliphatic carbocycles. The van der Waals surface area contributed by atoms with Gasteiger partial charge in [-0.05, 0) is 42.9 Å². The Hall–Kier alpha value is -2.19. The molecular weight excluding hydrogens is 394 g/mol. The van der Waals surface area contributed by atoms with Gasteiger partial charge in [0.05, 0.1) is 29.6 Å². The number of nitrogens with one attached hydrogen (secondary N) is 1. The lowest BCUT2D eigenvalue weighted by Crippen LogP contribution is -2.44. The molecule has 2 bridgehead atoms. The molecule has 1 saturated heterocycles. The van der Waals surface area contributed by atoms with Gasteiger partial charge in [-0.3, -0.25) is 14.0 Å². The molecule has 2 aromatic heterocycles. The zero-order chi connectivity index (χ0) is 19.9. The summed E-state index contributed by atoms with van der Waals surface area (Å²) >= 11 is 5.99. The Labute approximate surface area is 172 Å². The van der Waals surface area contributed by atoms with Gasteiger partial charge in [-0.15, -0.1) is 0 Å². The number of nitrogens with zero attached hydrogens (tertiary/aromatic N) is 4. The minimum Gasteiger partial charge on any atom is -0.389 e. The van der Waals surface area contributed by atoms with E-state index >= 15 is 0 Å². The van der Waals surface area contributed by atoms with Crippen molar-refractivity contribution < 1.29 is 14.7 Å². The first-order valence-electron chi connectivity index (χ1n) is 10.3. The predicted molar refractivity (Wildman–Crippen MR) is 103 cm³/mol. The Kier molecular flexibility index (Phi) is 3.75. The summed E-state index contributed by atoms with van der Waals surface area (Å²) in [6.07, 6.45) is 7.58. The van der Waals surface area contributed by atoms with Crippen molar-refractivity contribution in [3.05, 3.63) is 29.3 Å². The number of carbonyl (C=O) groups excluding carboxylic acids is 2. The molecule has 4 fully saturated rings. The van der Waals surface area contributed by atoms with Crippen LogP contribution in [-0.4, -0.2) is 61.4 Å². The molecule has 8 nitrogen and oxygen atoms in total. The second-order valence-electron chi connectivity index (χ2n) is 8.99. The Bertz CT molecular complexity index is 1010. The topological polar surface area (TPSA) is 99.8 Å². The third-order valence-electron chi connectivity index (χ3n) is 7.49. The van der Waals surface area contributed by atoms with Crippen LogP contribution in [0, 0.1) is 29.6 Å². The van der Waals surface area contributed by atoms with Crippen molar-refractivity contribution in [3.8, 4) is 0 Å². The number of hydrogen-bond acceptors (Lipinski definition) is 5. The second kappa shape index (κ2) is 6.15. The molecule has 152 valence electrons. The highest BCUT2D eigenvalue weighted by atomic mass is 35.5. The fourth-order valence-electron chi connectivity index (χ4n) is 6.22. The number of rotatable bonds is 3. The highest BCUT2D eigenvalue weighted by Crippen LogP contribution is 2.69. The van der Waals surface area contributed by atoms with Gasteiger partial charge in [0, 0.05) is 25.2 Å². The number of β-amino-alcohol motifs (C(OH)–C–C–N with tert-alkyl or cyclic N) is 1. The van der Waals surface area contributed by atoms with Crippen molar-refractivity contribution >= 4 is 29.2 Å². The molecule has 0 aromatic carbocycles. The van der Waals surface area contributed by atoms with Gasteiger partial charge >= 0.3 is 0 Å². The van der Waals surface area contributed by atoms with Gasteiger partial charge < -0.3 is 15.3 Å². The van der Waals surface area contributed by atoms with Crippen molar-refractivity contribution in [2.75, 3.05) is 13.1 Å². The zero-order valence-electron chi connectivity index (χ0n) is 15.7. The number of aliphatic hydroxyl groups is 1. The van der Waals surface area contributed by atoms with Gasteiger partial charge in [0.2, 0.25) is 11.7 Å². The standard InChI is InChI=1S/C20H22ClN5O3/c21-11-4-22-20-23-5-13(26(20)6-11)19(29)25-7-12(14(27)8-25)24-18(28)17-15-9-1-2-10(3-9)16(15)17/h4-6,9-10,12,14-17,27H,1-3,7-8H2,(H,24,28)/t9-,10+,12-,14-,15+,16-,17?/m1/s1. The maximum Gasteiger partial charge on any atom is 0.272 e. The molecule has 2 aromatic rings. The van der Waals surface area contributed by atoms with Crippen LogP contribution in [0.3, 0.4) is 0 Å². The maximum absolute atomic E-state index is 13.0. The fraction of sp³-hybridized carbons (Fsp3) is 0.600. The van der Waals surface area contributed by atoms with Crippen LogP contribution in [0.15, 0.2) is 18.6 Å². The summed E-state index contributed by atoms with van der Waals surface area (Å²) in [6, 6.07) is -0.439. The van der Waals surface area contributed by atoms with E-state index in [9.17, 15) is 14.7 Å². The third kappa shape index (κ3) is 2.61. The highest BCUT2D eigenvalue weighted by Gasteiger charge is 2.67. The van der Waals surface area contributed by atoms with Crippen LogP contribution < -0.4 is 5.32 Å². The largest absolute Gasteiger partial charge is 0.389 e. The molecule has 2 amide bonds. The summed E-state index contributed by atoms with van der Waals surface area (Å²) in [5, 5.41) is 13.9. The average molecular weight is 416 g/mol. The van der Waals surface area contributed by atoms with Crippen LogP contribution >= 0.6 is 11.6 Å². The first kappa shape index (κ1) is 17.7. The van der Waals surface area contributed by atoms with Crippen molar-refractivity contribution in [1.82, 2.24) is 24.6 Å². The van der Waals surface area contributed by atoms with Gasteiger partial charge in [-0.25, -0.2) is 9.97 Å². The van der Waals surface area contributed by atoms with E-state index in [1.165, 1.54) is 31.7 Å². The van der Waals surface area contributed by atoms with Gasteiger partial charge in [-0.2, -0.15) is 0 Å². The number of imidazole rings is 1. The first-order chi connectivity index (χ1) is 14.0. The zero-order valence-corrected chi connectivity index (χ0v) is 16.5. The van der Waals surface area contributed by atoms with Gasteiger partial charge in [0.15, 0.2) is 0 Å². The monoisotopic (exact) mass is 415 g/mol. The Morgan fingerprint density at radius 3 is 2.62 bits per heavy atom. The lowest BCUT2D eigenvalue weighted by Gasteiger charge is -2.18. The van der Waals surface area contributed by atoms with E-state index in [0.717, 1.165) is 11.8 Å². The molecule has 9 heteroatoms. The van der Waals surface area contributed by atoms with E-state index in [1.807, 2.05) is 0 Å². The number of amides is 2. The Morgan fingerprint density at radius 1 is 1.14 bits per heavy atom. The smallest absolute Gasteiger partial charge is 0.272 e. The molecule has 0 spiro atoms. The van der Waals surface area contributed by atoms with Crippen LogP contribution in [0.2, 0.25) is 5.02 Å². The number of aromatic nitrogens is 3. The number of aliphatic hydroxyl groups excluding tert-OH is 1. The van der Waals surface area contributed by atoms with Crippen molar-refractivity contribution in [3.63, 3.8) is 0 Å². The number of halogens is 1. The fourth-order valence-corrected chi connectivity index (χ4v) is 6.37. The maximum atomic E-state index is 13.0. The molecular formula is C20H22ClN5O3. The second-order valence-corrected chi connectivity index (χ2v) is 9.43. The molecule has 4 aliphatic rings. The van der Waals surface area contributed by atoms with Crippen molar-refractivity contribution in [1.29, 1.82) is 0 Å². The molecule has 29 heavy (non-hydrogen) atoms.